The molecule has 0 bridgehead atoms. The van der Waals surface area contributed by atoms with E-state index in [-0.39, 0.29) is 63.9 Å². The van der Waals surface area contributed by atoms with Gasteiger partial charge in [-0.25, -0.2) is 9.63 Å². The number of nitrogens with zero attached hydrogens (tertiary/aromatic N) is 3. The summed E-state index contributed by atoms with van der Waals surface area (Å²) in [6.07, 6.45) is 1.41. The molecule has 2 N–H and O–H groups in total. The number of carbonyl (C=O) groups is 2. The van der Waals surface area contributed by atoms with Crippen LogP contribution in [0.2, 0.25) is 15.1 Å². The van der Waals surface area contributed by atoms with Crippen LogP contribution in [-0.2, 0) is 22.8 Å². The highest BCUT2D eigenvalue weighted by Gasteiger charge is 2.38. The van der Waals surface area contributed by atoms with Crippen LogP contribution < -0.4 is 23.7 Å². The highest BCUT2D eigenvalue weighted by molar-refractivity contribution is 6.37. The summed E-state index contributed by atoms with van der Waals surface area (Å²) in [7, 11) is 0. The summed E-state index contributed by atoms with van der Waals surface area (Å²) >= 11 is 19.3. The fourth-order valence-electron chi connectivity index (χ4n) is 6.50. The fourth-order valence-corrected chi connectivity index (χ4v) is 7.42. The molecule has 0 atom stereocenters. The predicted molar refractivity (Wildman–Crippen MR) is 206 cm³/mol. The first kappa shape index (κ1) is 39.5. The van der Waals surface area contributed by atoms with Gasteiger partial charge in [0.25, 0.3) is 5.91 Å². The molecule has 4 aromatic rings. The Morgan fingerprint density at radius 2 is 1.59 bits per heavy atom. The lowest BCUT2D eigenvalue weighted by atomic mass is 9.92. The molecule has 0 unspecified atom stereocenters. The van der Waals surface area contributed by atoms with E-state index >= 15 is 0 Å². The molecule has 56 heavy (non-hydrogen) atoms. The monoisotopic (exact) mass is 825 g/mol. The summed E-state index contributed by atoms with van der Waals surface area (Å²) < 4.78 is 28.5. The van der Waals surface area contributed by atoms with Crippen molar-refractivity contribution in [1.29, 1.82) is 0 Å². The maximum Gasteiger partial charge on any atom is 0.415 e. The predicted octanol–water partition coefficient (Wildman–Crippen LogP) is 8.50. The molecule has 3 aliphatic rings. The van der Waals surface area contributed by atoms with Crippen LogP contribution in [0, 0.1) is 6.92 Å². The number of halogens is 3. The maximum absolute atomic E-state index is 14.7. The molecule has 4 aromatic carbocycles. The molecule has 1 fully saturated rings. The quantitative estimate of drug-likeness (QED) is 0.0935. The van der Waals surface area contributed by atoms with Gasteiger partial charge in [0.15, 0.2) is 17.2 Å². The Kier molecular flexibility index (Phi) is 12.4. The summed E-state index contributed by atoms with van der Waals surface area (Å²) in [5.41, 5.74) is 4.25. The molecule has 0 spiro atoms. The van der Waals surface area contributed by atoms with Crippen LogP contribution in [-0.4, -0.2) is 76.7 Å². The van der Waals surface area contributed by atoms with Crippen LogP contribution in [0.25, 0.3) is 5.57 Å². The molecule has 2 aliphatic heterocycles. The average Bonchev–Trinajstić information content (AvgIpc) is 3.92. The molecule has 16 heteroatoms. The van der Waals surface area contributed by atoms with Crippen molar-refractivity contribution in [3.8, 4) is 28.7 Å². The molecule has 294 valence electrons. The van der Waals surface area contributed by atoms with Crippen LogP contribution in [0.15, 0.2) is 78.4 Å². The van der Waals surface area contributed by atoms with Crippen molar-refractivity contribution in [2.45, 2.75) is 45.4 Å². The van der Waals surface area contributed by atoms with Crippen molar-refractivity contribution >= 4 is 52.4 Å². The largest absolute Gasteiger partial charge is 0.490 e. The van der Waals surface area contributed by atoms with Gasteiger partial charge in [0, 0.05) is 35.8 Å². The maximum atomic E-state index is 14.7. The zero-order chi connectivity index (χ0) is 39.3. The fraction of sp³-hybridized carbons (Fsp3) is 0.300. The Labute approximate surface area is 337 Å². The number of amides is 2. The van der Waals surface area contributed by atoms with Crippen LogP contribution in [0.5, 0.6) is 28.7 Å². The second kappa shape index (κ2) is 17.6. The number of benzene rings is 4. The molecular weight excluding hydrogens is 789 g/mol. The number of hydrogen-bond donors (Lipinski definition) is 2. The molecule has 0 saturated heterocycles. The van der Waals surface area contributed by atoms with Gasteiger partial charge in [-0.05, 0) is 96.5 Å². The molecule has 13 nitrogen and oxygen atoms in total. The van der Waals surface area contributed by atoms with Gasteiger partial charge in [0.1, 0.15) is 24.7 Å². The summed E-state index contributed by atoms with van der Waals surface area (Å²) in [5, 5.41) is 18.7. The third-order valence-corrected chi connectivity index (χ3v) is 10.3. The van der Waals surface area contributed by atoms with Gasteiger partial charge < -0.3 is 33.5 Å². The summed E-state index contributed by atoms with van der Waals surface area (Å²) in [6.45, 7) is 2.79. The molecule has 1 aliphatic carbocycles. The lowest BCUT2D eigenvalue weighted by molar-refractivity contribution is -0.497. The van der Waals surface area contributed by atoms with E-state index in [9.17, 15) is 9.59 Å². The molecule has 2 heterocycles. The molecule has 0 radical (unpaired) electrons. The molecular formula is C40H38Cl3N3O10. The van der Waals surface area contributed by atoms with E-state index < -0.39 is 11.5 Å². The van der Waals surface area contributed by atoms with Gasteiger partial charge in [-0.1, -0.05) is 59.1 Å². The van der Waals surface area contributed by atoms with Crippen molar-refractivity contribution in [2.75, 3.05) is 33.1 Å². The minimum Gasteiger partial charge on any atom is -0.490 e. The van der Waals surface area contributed by atoms with E-state index in [0.717, 1.165) is 35.1 Å². The molecule has 2 amide bonds. The number of ether oxygens (including phenoxy) is 5. The second-order valence-electron chi connectivity index (χ2n) is 13.4. The van der Waals surface area contributed by atoms with Crippen LogP contribution in [0.4, 0.5) is 4.79 Å². The van der Waals surface area contributed by atoms with Crippen molar-refractivity contribution in [1.82, 2.24) is 15.2 Å². The zero-order valence-electron chi connectivity index (χ0n) is 30.2. The summed E-state index contributed by atoms with van der Waals surface area (Å²) in [5.74, 6) is 2.13. The van der Waals surface area contributed by atoms with Crippen LogP contribution >= 0.6 is 34.8 Å². The SMILES string of the molecule is Cc1cc(Cl)c(OCCOc2ccc(C3=C(C(=O)N(Cc4cc5c(cc4Cl)OCO5)C4CC4)CN(C(=O)Oc4cccc(CON(O)O)c4)CC3)cc2)c(Cl)c1. The number of aryl methyl sites for hydroxylation is 1. The third-order valence-electron chi connectivity index (χ3n) is 9.39. The Bertz CT molecular complexity index is 2100. The Hall–Kier alpha value is -4.73. The smallest absolute Gasteiger partial charge is 0.415 e. The topological polar surface area (TPSA) is 140 Å². The van der Waals surface area contributed by atoms with E-state index in [1.165, 1.54) is 4.90 Å². The number of carbonyl (C=O) groups excluding carboxylic acids is 2. The first-order chi connectivity index (χ1) is 27.0. The lowest BCUT2D eigenvalue weighted by Gasteiger charge is -2.33. The van der Waals surface area contributed by atoms with Gasteiger partial charge >= 0.3 is 6.09 Å². The van der Waals surface area contributed by atoms with E-state index in [4.69, 9.17) is 68.9 Å². The van der Waals surface area contributed by atoms with E-state index in [0.29, 0.717) is 55.6 Å². The second-order valence-corrected chi connectivity index (χ2v) is 14.6. The highest BCUT2D eigenvalue weighted by Crippen LogP contribution is 2.40. The minimum atomic E-state index is -0.644. The molecule has 0 aromatic heterocycles. The zero-order valence-corrected chi connectivity index (χ0v) is 32.5. The summed E-state index contributed by atoms with van der Waals surface area (Å²) in [6, 6.07) is 21.0. The van der Waals surface area contributed by atoms with E-state index in [1.807, 2.05) is 36.1 Å². The normalized spacial score (nSPS) is 14.9. The van der Waals surface area contributed by atoms with Crippen LogP contribution in [0.1, 0.15) is 41.5 Å². The Morgan fingerprint density at radius 3 is 2.30 bits per heavy atom. The van der Waals surface area contributed by atoms with Crippen molar-refractivity contribution in [3.05, 3.63) is 116 Å². The van der Waals surface area contributed by atoms with Gasteiger partial charge in [-0.15, -0.1) is 0 Å². The van der Waals surface area contributed by atoms with Gasteiger partial charge in [-0.2, -0.15) is 0 Å². The minimum absolute atomic E-state index is 0.00135. The third kappa shape index (κ3) is 9.61. The lowest BCUT2D eigenvalue weighted by Crippen LogP contribution is -2.44. The van der Waals surface area contributed by atoms with Crippen molar-refractivity contribution < 1.29 is 48.5 Å². The van der Waals surface area contributed by atoms with E-state index in [1.54, 1.807) is 48.5 Å². The number of fused-ring (bicyclic) bond motifs is 1. The standard InChI is InChI=1S/C40H38Cl3N3O10/c1-24-15-34(42)38(35(43)16-24)52-14-13-51-29-9-5-26(6-10-29)31-11-12-44(40(48)56-30-4-2-3-25(17-30)22-55-46(49)50)21-32(31)39(47)45(28-7-8-28)20-27-18-36-37(19-33(27)41)54-23-53-36/h2-6,9-10,15-19,28,49-50H,7-8,11-14,20-23H2,1H3. The van der Waals surface area contributed by atoms with Gasteiger partial charge in [0.2, 0.25) is 6.79 Å². The number of hydrogen-bond acceptors (Lipinski definition) is 11. The highest BCUT2D eigenvalue weighted by atomic mass is 35.5. The van der Waals surface area contributed by atoms with Crippen molar-refractivity contribution in [3.63, 3.8) is 0 Å². The molecule has 1 saturated carbocycles. The van der Waals surface area contributed by atoms with Crippen LogP contribution in [0.3, 0.4) is 0 Å². The van der Waals surface area contributed by atoms with Gasteiger partial charge in [-0.3, -0.25) is 15.2 Å². The van der Waals surface area contributed by atoms with Gasteiger partial charge in [0.05, 0.1) is 28.6 Å². The average molecular weight is 827 g/mol. The first-order valence-electron chi connectivity index (χ1n) is 17.8. The first-order valence-corrected chi connectivity index (χ1v) is 18.9. The Balaban J connectivity index is 1.10. The van der Waals surface area contributed by atoms with Crippen molar-refractivity contribution in [2.24, 2.45) is 0 Å². The molecule has 7 rings (SSSR count). The number of rotatable bonds is 14. The Morgan fingerprint density at radius 1 is 0.875 bits per heavy atom. The summed E-state index contributed by atoms with van der Waals surface area (Å²) in [4.78, 5) is 36.3. The van der Waals surface area contributed by atoms with E-state index in [2.05, 4.69) is 4.84 Å².